The summed E-state index contributed by atoms with van der Waals surface area (Å²) in [6.07, 6.45) is 34.3. The van der Waals surface area contributed by atoms with Crippen molar-refractivity contribution in [1.29, 1.82) is 5.59 Å². The molecule has 0 spiro atoms. The summed E-state index contributed by atoms with van der Waals surface area (Å²) in [5.74, 6) is 8.02. The van der Waals surface area contributed by atoms with Gasteiger partial charge in [-0.25, -0.2) is 19.9 Å². The smallest absolute Gasteiger partial charge is 0.324 e. The summed E-state index contributed by atoms with van der Waals surface area (Å²) >= 11 is 0. The number of nitrogens with zero attached hydrogens (tertiary/aromatic N) is 6. The van der Waals surface area contributed by atoms with Crippen LogP contribution in [0.25, 0.3) is 22.3 Å². The number of hydrogen-bond acceptors (Lipinski definition) is 19. The summed E-state index contributed by atoms with van der Waals surface area (Å²) in [6, 6.07) is 21.1. The van der Waals surface area contributed by atoms with E-state index in [2.05, 4.69) is 53.0 Å². The highest BCUT2D eigenvalue weighted by molar-refractivity contribution is 5.90. The molecule has 0 amide bonds. The molecule has 88 heavy (non-hydrogen) atoms. The van der Waals surface area contributed by atoms with E-state index >= 15 is 0 Å². The summed E-state index contributed by atoms with van der Waals surface area (Å²) in [5.41, 5.74) is 12.0. The molecule has 3 unspecified atom stereocenters. The highest BCUT2D eigenvalue weighted by Gasteiger charge is 2.26. The minimum atomic E-state index is -0.361. The maximum atomic E-state index is 12.3. The number of pyridine rings is 2. The Labute approximate surface area is 525 Å². The first-order valence-corrected chi connectivity index (χ1v) is 32.2. The molecule has 0 radical (unpaired) electrons. The topological polar surface area (TPSA) is 266 Å². The van der Waals surface area contributed by atoms with E-state index in [0.29, 0.717) is 38.1 Å². The van der Waals surface area contributed by atoms with Gasteiger partial charge >= 0.3 is 5.97 Å². The molecule has 22 heteroatoms. The fourth-order valence-corrected chi connectivity index (χ4v) is 12.2. The second-order valence-electron chi connectivity index (χ2n) is 23.5. The van der Waals surface area contributed by atoms with Crippen molar-refractivity contribution in [2.75, 3.05) is 54.3 Å². The lowest BCUT2D eigenvalue weighted by atomic mass is 9.95. The van der Waals surface area contributed by atoms with Crippen LogP contribution >= 0.6 is 12.4 Å². The highest BCUT2D eigenvalue weighted by atomic mass is 35.5. The van der Waals surface area contributed by atoms with Crippen molar-refractivity contribution < 1.29 is 38.1 Å². The van der Waals surface area contributed by atoms with Gasteiger partial charge in [-0.15, -0.1) is 12.4 Å². The number of halogens is 1. The van der Waals surface area contributed by atoms with E-state index in [4.69, 9.17) is 54.4 Å². The molecule has 2 aromatic carbocycles. The van der Waals surface area contributed by atoms with E-state index in [1.165, 1.54) is 64.2 Å². The Morgan fingerprint density at radius 2 is 0.955 bits per heavy atom. The van der Waals surface area contributed by atoms with Crippen molar-refractivity contribution in [2.45, 2.75) is 224 Å². The number of ketones is 1. The van der Waals surface area contributed by atoms with Crippen LogP contribution in [0.3, 0.4) is 0 Å². The third kappa shape index (κ3) is 20.7. The molecule has 3 atom stereocenters. The number of rotatable bonds is 27. The number of unbranched alkanes of at least 4 members (excludes halogenated alkanes) is 6. The molecule has 5 fully saturated rings. The van der Waals surface area contributed by atoms with Gasteiger partial charge in [0.25, 0.3) is 0 Å². The molecule has 6 aromatic rings. The van der Waals surface area contributed by atoms with Gasteiger partial charge in [-0.05, 0) is 158 Å². The maximum absolute atomic E-state index is 12.3. The van der Waals surface area contributed by atoms with E-state index in [1.807, 2.05) is 61.2 Å². The minimum Gasteiger partial charge on any atom is -0.494 e. The van der Waals surface area contributed by atoms with E-state index in [-0.39, 0.29) is 50.1 Å². The van der Waals surface area contributed by atoms with Gasteiger partial charge in [0.05, 0.1) is 37.2 Å². The number of Topliss-reactive ketones (excluding diaryl/α,β-unsaturated/α-hetero) is 1. The highest BCUT2D eigenvalue weighted by Crippen LogP contribution is 2.36. The van der Waals surface area contributed by atoms with Gasteiger partial charge in [0.2, 0.25) is 0 Å². The lowest BCUT2D eigenvalue weighted by Gasteiger charge is -2.25. The first-order valence-electron chi connectivity index (χ1n) is 32.2. The Kier molecular flexibility index (Phi) is 29.2. The van der Waals surface area contributed by atoms with Crippen LogP contribution in [0, 0.1) is 10.5 Å². The number of anilines is 6. The first kappa shape index (κ1) is 68.8. The molecule has 11 rings (SSSR count). The fraction of sp³-hybridized carbons (Fsp3) is 0.606. The minimum absolute atomic E-state index is 0. The van der Waals surface area contributed by atoms with Crippen LogP contribution in [0.4, 0.5) is 34.4 Å². The van der Waals surface area contributed by atoms with Crippen LogP contribution in [0.5, 0.6) is 11.5 Å². The average Bonchev–Trinajstić information content (AvgIpc) is 3.69. The predicted octanol–water partition coefficient (Wildman–Crippen LogP) is 15.8. The van der Waals surface area contributed by atoms with Crippen molar-refractivity contribution in [1.82, 2.24) is 29.1 Å². The Morgan fingerprint density at radius 3 is 1.38 bits per heavy atom. The number of carbonyl (C=O) groups is 2. The van der Waals surface area contributed by atoms with Crippen LogP contribution in [-0.4, -0.2) is 92.0 Å². The van der Waals surface area contributed by atoms with E-state index < -0.39 is 0 Å². The molecular formula is C66H97ClN12O9. The van der Waals surface area contributed by atoms with Gasteiger partial charge in [-0.3, -0.25) is 18.7 Å². The summed E-state index contributed by atoms with van der Waals surface area (Å²) in [6.45, 7) is 3.60. The van der Waals surface area contributed by atoms with Gasteiger partial charge in [0.15, 0.2) is 17.1 Å². The van der Waals surface area contributed by atoms with E-state index in [9.17, 15) is 9.59 Å². The lowest BCUT2D eigenvalue weighted by molar-refractivity contribution is -0.144. The first-order chi connectivity index (χ1) is 42.4. The Bertz CT molecular complexity index is 2970. The molecule has 3 saturated heterocycles. The number of nitroso groups, excluding NO2 is 1. The van der Waals surface area contributed by atoms with Gasteiger partial charge in [-0.1, -0.05) is 77.2 Å². The van der Waals surface area contributed by atoms with Gasteiger partial charge in [0, 0.05) is 68.3 Å². The number of benzene rings is 2. The molecule has 482 valence electrons. The zero-order chi connectivity index (χ0) is 59.6. The number of aromatic nitrogens is 6. The molecule has 0 bridgehead atoms. The normalized spacial score (nSPS) is 18.9. The van der Waals surface area contributed by atoms with Crippen molar-refractivity contribution in [3.63, 3.8) is 0 Å². The summed E-state index contributed by atoms with van der Waals surface area (Å²) in [4.78, 5) is 54.6. The van der Waals surface area contributed by atoms with Crippen LogP contribution < -0.4 is 36.6 Å². The van der Waals surface area contributed by atoms with Gasteiger partial charge in [-0.2, -0.15) is 10.8 Å². The van der Waals surface area contributed by atoms with Crippen LogP contribution in [0.1, 0.15) is 206 Å². The van der Waals surface area contributed by atoms with Crippen molar-refractivity contribution >= 4 is 80.9 Å². The monoisotopic (exact) mass is 1240 g/mol. The number of fused-ring (bicyclic) bond motifs is 2. The lowest BCUT2D eigenvalue weighted by Crippen LogP contribution is -2.27. The molecule has 5 aliphatic rings. The van der Waals surface area contributed by atoms with Crippen molar-refractivity contribution in [3.05, 3.63) is 78.2 Å². The standard InChI is InChI=1S/C35H49N5O4.C30H42N6O4.CH4.ClH.HNO/c41-30(31-15-7-10-22-43-31)14-6-1-2-9-21-42-28-19-17-27(18-20-28)38-32-24-29(37-26-12-4-3-5-13-26)34-35(39-32)40(25-36-34)33-16-8-11-23-44-33;31-40-28(37)13-6-1-2-8-18-38-24-16-14-23(15-17-24)34-26-20-25(33-22-10-4-3-5-11-22)29-30(35-26)36(21-32-29)27-12-7-9-19-39-27;;;1-2/h17-20,24-26,31,33H,1-16,21-23H2,(H2,37,38,39);14-17,20-22,27H,1-13,18-19,31H2,(H2,33,34,35);1H4;1H;1H. The Hall–Kier alpha value is -6.65. The van der Waals surface area contributed by atoms with Gasteiger partial charge in [0.1, 0.15) is 52.7 Å². The van der Waals surface area contributed by atoms with Crippen LogP contribution in [0.15, 0.2) is 73.3 Å². The maximum Gasteiger partial charge on any atom is 0.324 e. The number of hydrogen-bond donors (Lipinski definition) is 6. The molecular weight excluding hydrogens is 1140 g/mol. The summed E-state index contributed by atoms with van der Waals surface area (Å²) in [5, 5.41) is 14.6. The molecule has 2 saturated carbocycles. The number of carbonyl (C=O) groups excluding carboxylic acids is 2. The predicted molar refractivity (Wildman–Crippen MR) is 349 cm³/mol. The average molecular weight is 1240 g/mol. The second-order valence-corrected chi connectivity index (χ2v) is 23.5. The zero-order valence-electron chi connectivity index (χ0n) is 50.7. The largest absolute Gasteiger partial charge is 0.494 e. The quantitative estimate of drug-likeness (QED) is 0.0159. The third-order valence-electron chi connectivity index (χ3n) is 17.0. The fourth-order valence-electron chi connectivity index (χ4n) is 12.2. The van der Waals surface area contributed by atoms with Crippen LogP contribution in [0.2, 0.25) is 0 Å². The molecule has 4 aromatic heterocycles. The molecule has 7 N–H and O–H groups in total. The summed E-state index contributed by atoms with van der Waals surface area (Å²) < 4.78 is 33.9. The Morgan fingerprint density at radius 1 is 0.534 bits per heavy atom. The van der Waals surface area contributed by atoms with Crippen molar-refractivity contribution in [2.24, 2.45) is 5.90 Å². The van der Waals surface area contributed by atoms with Gasteiger partial charge < -0.3 is 49.8 Å². The molecule has 2 aliphatic carbocycles. The molecule has 7 heterocycles. The number of nitrogens with one attached hydrogen (secondary N) is 5. The van der Waals surface area contributed by atoms with E-state index in [1.54, 1.807) is 0 Å². The molecule has 3 aliphatic heterocycles. The van der Waals surface area contributed by atoms with Crippen LogP contribution in [-0.2, 0) is 28.6 Å². The van der Waals surface area contributed by atoms with E-state index in [0.717, 1.165) is 197 Å². The zero-order valence-corrected chi connectivity index (χ0v) is 51.5. The Balaban J connectivity index is 0.000000240. The SMILES string of the molecule is C.Cl.N=O.NOC(=O)CCCCCCOc1ccc(Nc2cc(NC3CCCCC3)c3ncn(C4CCCCO4)c3n2)cc1.O=C(CCCCCCOc1ccc(Nc2cc(NC3CCCCC3)c3ncn(C4CCCCO4)c3n2)cc1)C1CCCCO1. The summed E-state index contributed by atoms with van der Waals surface area (Å²) in [7, 11) is 0. The van der Waals surface area contributed by atoms with Crippen molar-refractivity contribution in [3.8, 4) is 11.5 Å². The number of ether oxygens (including phenoxy) is 5. The number of imidazole rings is 2. The third-order valence-corrected chi connectivity index (χ3v) is 17.0. The number of nitrogens with two attached hydrogens (primary N) is 1. The second kappa shape index (κ2) is 37.4. The molecule has 21 nitrogen and oxygen atoms in total.